The van der Waals surface area contributed by atoms with Gasteiger partial charge in [-0.1, -0.05) is 36.9 Å². The topological polar surface area (TPSA) is 67.4 Å². The predicted octanol–water partition coefficient (Wildman–Crippen LogP) is 4.42. The van der Waals surface area contributed by atoms with Crippen LogP contribution < -0.4 is 15.4 Å². The summed E-state index contributed by atoms with van der Waals surface area (Å²) in [6.45, 7) is -0.125. The van der Waals surface area contributed by atoms with Crippen LogP contribution in [-0.4, -0.2) is 24.5 Å². The van der Waals surface area contributed by atoms with E-state index < -0.39 is 0 Å². The van der Waals surface area contributed by atoms with E-state index in [1.165, 1.54) is 6.42 Å². The van der Waals surface area contributed by atoms with Gasteiger partial charge in [0.05, 0.1) is 0 Å². The zero-order valence-corrected chi connectivity index (χ0v) is 15.8. The molecule has 27 heavy (non-hydrogen) atoms. The quantitative estimate of drug-likeness (QED) is 0.772. The van der Waals surface area contributed by atoms with Gasteiger partial charge in [0.15, 0.2) is 6.61 Å². The lowest BCUT2D eigenvalue weighted by Gasteiger charge is -2.22. The van der Waals surface area contributed by atoms with Gasteiger partial charge in [-0.15, -0.1) is 0 Å². The van der Waals surface area contributed by atoms with Gasteiger partial charge < -0.3 is 15.4 Å². The maximum absolute atomic E-state index is 12.4. The van der Waals surface area contributed by atoms with Gasteiger partial charge in [-0.2, -0.15) is 0 Å². The van der Waals surface area contributed by atoms with Gasteiger partial charge in [-0.25, -0.2) is 0 Å². The highest BCUT2D eigenvalue weighted by molar-refractivity contribution is 6.30. The molecule has 1 aliphatic rings. The first-order valence-corrected chi connectivity index (χ1v) is 9.57. The van der Waals surface area contributed by atoms with Crippen LogP contribution >= 0.6 is 11.6 Å². The van der Waals surface area contributed by atoms with Crippen molar-refractivity contribution in [2.24, 2.45) is 0 Å². The summed E-state index contributed by atoms with van der Waals surface area (Å²) in [6, 6.07) is 14.0. The average Bonchev–Trinajstić information content (AvgIpc) is 2.68. The molecule has 2 amide bonds. The zero-order valence-electron chi connectivity index (χ0n) is 15.0. The zero-order chi connectivity index (χ0) is 19.1. The fourth-order valence-corrected chi connectivity index (χ4v) is 3.26. The molecule has 0 radical (unpaired) electrons. The molecular weight excluding hydrogens is 364 g/mol. The number of ether oxygens (including phenoxy) is 1. The van der Waals surface area contributed by atoms with Gasteiger partial charge in [0.25, 0.3) is 11.8 Å². The lowest BCUT2D eigenvalue weighted by Crippen LogP contribution is -2.36. The van der Waals surface area contributed by atoms with Crippen molar-refractivity contribution >= 4 is 29.1 Å². The molecule has 5 nitrogen and oxygen atoms in total. The summed E-state index contributed by atoms with van der Waals surface area (Å²) in [5, 5.41) is 6.44. The Bertz CT molecular complexity index is 786. The van der Waals surface area contributed by atoms with E-state index in [0.29, 0.717) is 22.0 Å². The fraction of sp³-hybridized carbons (Fsp3) is 0.333. The Hall–Kier alpha value is -2.53. The number of halogens is 1. The van der Waals surface area contributed by atoms with Crippen molar-refractivity contribution in [2.45, 2.75) is 38.1 Å². The third-order valence-corrected chi connectivity index (χ3v) is 4.78. The van der Waals surface area contributed by atoms with Crippen molar-refractivity contribution in [3.05, 3.63) is 59.1 Å². The van der Waals surface area contributed by atoms with Crippen molar-refractivity contribution < 1.29 is 14.3 Å². The summed E-state index contributed by atoms with van der Waals surface area (Å²) in [5.41, 5.74) is 1.10. The third kappa shape index (κ3) is 6.00. The Kier molecular flexibility index (Phi) is 6.71. The summed E-state index contributed by atoms with van der Waals surface area (Å²) in [7, 11) is 0. The second kappa shape index (κ2) is 9.42. The van der Waals surface area contributed by atoms with Crippen LogP contribution in [0, 0.1) is 0 Å². The summed E-state index contributed by atoms with van der Waals surface area (Å²) in [5.74, 6) is 0.167. The van der Waals surface area contributed by atoms with Crippen LogP contribution in [0.5, 0.6) is 5.75 Å². The van der Waals surface area contributed by atoms with Gasteiger partial charge in [0.1, 0.15) is 5.75 Å². The van der Waals surface area contributed by atoms with E-state index in [9.17, 15) is 9.59 Å². The Morgan fingerprint density at radius 3 is 2.52 bits per heavy atom. The van der Waals surface area contributed by atoms with Crippen LogP contribution in [0.15, 0.2) is 48.5 Å². The fourth-order valence-electron chi connectivity index (χ4n) is 3.13. The number of rotatable bonds is 6. The number of carbonyl (C=O) groups is 2. The van der Waals surface area contributed by atoms with Crippen molar-refractivity contribution in [2.75, 3.05) is 11.9 Å². The normalized spacial score (nSPS) is 14.4. The number of anilines is 1. The Labute approximate surface area is 164 Å². The molecule has 1 aliphatic carbocycles. The molecule has 0 heterocycles. The molecule has 0 saturated heterocycles. The molecule has 0 unspecified atom stereocenters. The van der Waals surface area contributed by atoms with Crippen LogP contribution in [0.2, 0.25) is 5.02 Å². The van der Waals surface area contributed by atoms with E-state index in [1.54, 1.807) is 48.5 Å². The first kappa shape index (κ1) is 19.2. The van der Waals surface area contributed by atoms with Crippen LogP contribution in [0.3, 0.4) is 0 Å². The number of nitrogens with one attached hydrogen (secondary N) is 2. The van der Waals surface area contributed by atoms with Gasteiger partial charge in [-0.3, -0.25) is 9.59 Å². The third-order valence-electron chi connectivity index (χ3n) is 4.53. The molecule has 0 atom stereocenters. The highest BCUT2D eigenvalue weighted by Gasteiger charge is 2.17. The van der Waals surface area contributed by atoms with E-state index in [4.69, 9.17) is 16.3 Å². The lowest BCUT2D eigenvalue weighted by molar-refractivity contribution is -0.118. The molecule has 1 fully saturated rings. The minimum atomic E-state index is -0.296. The monoisotopic (exact) mass is 386 g/mol. The van der Waals surface area contributed by atoms with Crippen molar-refractivity contribution in [1.82, 2.24) is 5.32 Å². The minimum Gasteiger partial charge on any atom is -0.484 e. The van der Waals surface area contributed by atoms with Crippen molar-refractivity contribution in [3.63, 3.8) is 0 Å². The maximum atomic E-state index is 12.4. The Morgan fingerprint density at radius 1 is 1.04 bits per heavy atom. The molecule has 3 rings (SSSR count). The van der Waals surface area contributed by atoms with E-state index >= 15 is 0 Å². The molecule has 0 aliphatic heterocycles. The molecule has 2 aromatic rings. The average molecular weight is 387 g/mol. The highest BCUT2D eigenvalue weighted by atomic mass is 35.5. The summed E-state index contributed by atoms with van der Waals surface area (Å²) < 4.78 is 5.42. The molecule has 1 saturated carbocycles. The largest absolute Gasteiger partial charge is 0.484 e. The van der Waals surface area contributed by atoms with Gasteiger partial charge in [0.2, 0.25) is 0 Å². The van der Waals surface area contributed by atoms with E-state index in [2.05, 4.69) is 10.6 Å². The summed E-state index contributed by atoms with van der Waals surface area (Å²) >= 11 is 5.82. The number of hydrogen-bond acceptors (Lipinski definition) is 3. The molecule has 2 N–H and O–H groups in total. The van der Waals surface area contributed by atoms with E-state index in [-0.39, 0.29) is 24.5 Å². The van der Waals surface area contributed by atoms with Crippen LogP contribution in [-0.2, 0) is 4.79 Å². The Balaban J connectivity index is 1.52. The van der Waals surface area contributed by atoms with Gasteiger partial charge in [0, 0.05) is 22.3 Å². The van der Waals surface area contributed by atoms with E-state index in [1.807, 2.05) is 0 Å². The predicted molar refractivity (Wildman–Crippen MR) is 106 cm³/mol. The van der Waals surface area contributed by atoms with Crippen LogP contribution in [0.4, 0.5) is 5.69 Å². The molecule has 0 spiro atoms. The molecular formula is C21H23ClN2O3. The van der Waals surface area contributed by atoms with E-state index in [0.717, 1.165) is 25.7 Å². The minimum absolute atomic E-state index is 0.101. The number of carbonyl (C=O) groups excluding carboxylic acids is 2. The smallest absolute Gasteiger partial charge is 0.262 e. The summed E-state index contributed by atoms with van der Waals surface area (Å²) in [6.07, 6.45) is 5.63. The molecule has 0 aromatic heterocycles. The van der Waals surface area contributed by atoms with Crippen molar-refractivity contribution in [1.29, 1.82) is 0 Å². The van der Waals surface area contributed by atoms with Crippen LogP contribution in [0.25, 0.3) is 0 Å². The summed E-state index contributed by atoms with van der Waals surface area (Å²) in [4.78, 5) is 24.5. The second-order valence-electron chi connectivity index (χ2n) is 6.68. The molecule has 0 bridgehead atoms. The van der Waals surface area contributed by atoms with Crippen molar-refractivity contribution in [3.8, 4) is 5.75 Å². The SMILES string of the molecule is O=C(COc1ccc(Cl)cc1)Nc1cccc(C(=O)NC2CCCCC2)c1. The Morgan fingerprint density at radius 2 is 1.78 bits per heavy atom. The number of benzene rings is 2. The maximum Gasteiger partial charge on any atom is 0.262 e. The first-order chi connectivity index (χ1) is 13.1. The number of amides is 2. The molecule has 142 valence electrons. The number of hydrogen-bond donors (Lipinski definition) is 2. The lowest BCUT2D eigenvalue weighted by atomic mass is 9.95. The van der Waals surface area contributed by atoms with Gasteiger partial charge in [-0.05, 0) is 55.3 Å². The van der Waals surface area contributed by atoms with Gasteiger partial charge >= 0.3 is 0 Å². The highest BCUT2D eigenvalue weighted by Crippen LogP contribution is 2.19. The molecule has 2 aromatic carbocycles. The first-order valence-electron chi connectivity index (χ1n) is 9.19. The van der Waals surface area contributed by atoms with Crippen LogP contribution in [0.1, 0.15) is 42.5 Å². The second-order valence-corrected chi connectivity index (χ2v) is 7.12. The molecule has 6 heteroatoms. The standard InChI is InChI=1S/C21H23ClN2O3/c22-16-9-11-19(12-10-16)27-14-20(25)23-18-8-4-5-15(13-18)21(26)24-17-6-2-1-3-7-17/h4-5,8-13,17H,1-3,6-7,14H2,(H,23,25)(H,24,26).